The highest BCUT2D eigenvalue weighted by Crippen LogP contribution is 2.11. The maximum absolute atomic E-state index is 10.2. The molecule has 0 spiro atoms. The summed E-state index contributed by atoms with van der Waals surface area (Å²) in [6.07, 6.45) is 0. The van der Waals surface area contributed by atoms with Gasteiger partial charge in [-0.3, -0.25) is 14.9 Å². The number of benzene rings is 1. The van der Waals surface area contributed by atoms with Gasteiger partial charge in [0, 0.05) is 12.1 Å². The van der Waals surface area contributed by atoms with Gasteiger partial charge in [0.2, 0.25) is 0 Å². The van der Waals surface area contributed by atoms with Crippen LogP contribution in [0.2, 0.25) is 0 Å². The first kappa shape index (κ1) is 13.1. The van der Waals surface area contributed by atoms with Gasteiger partial charge >= 0.3 is 0 Å². The second-order valence-electron chi connectivity index (χ2n) is 2.33. The van der Waals surface area contributed by atoms with Gasteiger partial charge in [-0.1, -0.05) is 0 Å². The second kappa shape index (κ2) is 7.45. The summed E-state index contributed by atoms with van der Waals surface area (Å²) in [6, 6.07) is 5.82. The van der Waals surface area contributed by atoms with Gasteiger partial charge in [-0.25, -0.2) is 0 Å². The Morgan fingerprint density at radius 3 is 2.33 bits per heavy atom. The van der Waals surface area contributed by atoms with E-state index in [4.69, 9.17) is 0 Å². The number of carbonyl (C=O) groups is 1. The first-order chi connectivity index (χ1) is 7.24. The molecule has 2 N–H and O–H groups in total. The third-order valence-electron chi connectivity index (χ3n) is 1.47. The molecule has 0 saturated heterocycles. The van der Waals surface area contributed by atoms with Gasteiger partial charge in [0.15, 0.2) is 0 Å². The lowest BCUT2D eigenvalue weighted by molar-refractivity contribution is -0.384. The predicted octanol–water partition coefficient (Wildman–Crippen LogP) is 0.843. The fourth-order valence-electron chi connectivity index (χ4n) is 0.844. The number of ether oxygens (including phenoxy) is 1. The SMILES string of the molecule is CN.O=COCc1ccc([N+](=O)[O-])cc1. The minimum absolute atomic E-state index is 0.0230. The average molecular weight is 212 g/mol. The number of nitro benzene ring substituents is 1. The second-order valence-corrected chi connectivity index (χ2v) is 2.33. The topological polar surface area (TPSA) is 95.5 Å². The number of nitro groups is 1. The van der Waals surface area contributed by atoms with Crippen molar-refractivity contribution in [2.45, 2.75) is 6.61 Å². The zero-order chi connectivity index (χ0) is 11.7. The van der Waals surface area contributed by atoms with Crippen molar-refractivity contribution in [2.24, 2.45) is 5.73 Å². The van der Waals surface area contributed by atoms with Crippen LogP contribution in [0.15, 0.2) is 24.3 Å². The number of nitrogens with zero attached hydrogens (tertiary/aromatic N) is 1. The normalized spacial score (nSPS) is 8.40. The molecule has 6 nitrogen and oxygen atoms in total. The van der Waals surface area contributed by atoms with Crippen LogP contribution in [0.1, 0.15) is 5.56 Å². The van der Waals surface area contributed by atoms with Crippen LogP contribution >= 0.6 is 0 Å². The van der Waals surface area contributed by atoms with E-state index in [9.17, 15) is 14.9 Å². The van der Waals surface area contributed by atoms with Gasteiger partial charge in [-0.15, -0.1) is 0 Å². The molecule has 82 valence electrons. The Labute approximate surface area is 86.8 Å². The summed E-state index contributed by atoms with van der Waals surface area (Å²) in [4.78, 5) is 19.6. The summed E-state index contributed by atoms with van der Waals surface area (Å²) >= 11 is 0. The van der Waals surface area contributed by atoms with Crippen LogP contribution in [0, 0.1) is 10.1 Å². The lowest BCUT2D eigenvalue weighted by atomic mass is 10.2. The molecule has 1 aromatic rings. The van der Waals surface area contributed by atoms with Gasteiger partial charge < -0.3 is 10.5 Å². The zero-order valence-electron chi connectivity index (χ0n) is 8.25. The fourth-order valence-corrected chi connectivity index (χ4v) is 0.844. The average Bonchev–Trinajstić information content (AvgIpc) is 2.29. The van der Waals surface area contributed by atoms with E-state index in [2.05, 4.69) is 10.5 Å². The smallest absolute Gasteiger partial charge is 0.293 e. The standard InChI is InChI=1S/C8H7NO4.CH5N/c10-6-13-5-7-1-3-8(4-2-7)9(11)12;1-2/h1-4,6H,5H2;2H2,1H3. The molecule has 0 heterocycles. The maximum atomic E-state index is 10.2. The van der Waals surface area contributed by atoms with Crippen molar-refractivity contribution in [3.05, 3.63) is 39.9 Å². The third kappa shape index (κ3) is 4.72. The zero-order valence-corrected chi connectivity index (χ0v) is 8.25. The molecule has 0 atom stereocenters. The monoisotopic (exact) mass is 212 g/mol. The van der Waals surface area contributed by atoms with Crippen molar-refractivity contribution in [1.82, 2.24) is 0 Å². The van der Waals surface area contributed by atoms with Crippen molar-refractivity contribution >= 4 is 12.2 Å². The highest BCUT2D eigenvalue weighted by Gasteiger charge is 2.03. The minimum Gasteiger partial charge on any atom is -0.463 e. The molecular formula is C9H12N2O4. The molecule has 0 aliphatic heterocycles. The van der Waals surface area contributed by atoms with Gasteiger partial charge in [-0.05, 0) is 24.7 Å². The molecule has 1 rings (SSSR count). The van der Waals surface area contributed by atoms with E-state index in [0.717, 1.165) is 5.56 Å². The molecule has 0 fully saturated rings. The Morgan fingerprint density at radius 1 is 1.40 bits per heavy atom. The van der Waals surface area contributed by atoms with Crippen molar-refractivity contribution in [2.75, 3.05) is 7.05 Å². The Kier molecular flexibility index (Phi) is 6.48. The molecule has 0 saturated carbocycles. The van der Waals surface area contributed by atoms with Crippen LogP contribution in [0.3, 0.4) is 0 Å². The van der Waals surface area contributed by atoms with Gasteiger partial charge in [0.1, 0.15) is 6.61 Å². The van der Waals surface area contributed by atoms with Gasteiger partial charge in [0.25, 0.3) is 12.2 Å². The van der Waals surface area contributed by atoms with Gasteiger partial charge in [0.05, 0.1) is 4.92 Å². The van der Waals surface area contributed by atoms with Crippen LogP contribution in [-0.4, -0.2) is 18.4 Å². The van der Waals surface area contributed by atoms with E-state index in [1.54, 1.807) is 12.1 Å². The third-order valence-corrected chi connectivity index (χ3v) is 1.47. The summed E-state index contributed by atoms with van der Waals surface area (Å²) in [6.45, 7) is 0.475. The molecule has 0 aliphatic rings. The molecule has 1 aromatic carbocycles. The van der Waals surface area contributed by atoms with Crippen LogP contribution in [0.25, 0.3) is 0 Å². The van der Waals surface area contributed by atoms with E-state index in [-0.39, 0.29) is 12.3 Å². The van der Waals surface area contributed by atoms with E-state index < -0.39 is 4.92 Å². The van der Waals surface area contributed by atoms with E-state index in [1.807, 2.05) is 0 Å². The van der Waals surface area contributed by atoms with Crippen LogP contribution in [0.5, 0.6) is 0 Å². The quantitative estimate of drug-likeness (QED) is 0.453. The number of hydrogen-bond acceptors (Lipinski definition) is 5. The summed E-state index contributed by atoms with van der Waals surface area (Å²) in [5.74, 6) is 0. The first-order valence-corrected chi connectivity index (χ1v) is 4.10. The molecule has 0 aromatic heterocycles. The summed E-state index contributed by atoms with van der Waals surface area (Å²) in [5.41, 5.74) is 5.24. The largest absolute Gasteiger partial charge is 0.463 e. The Balaban J connectivity index is 0.000000921. The van der Waals surface area contributed by atoms with Gasteiger partial charge in [-0.2, -0.15) is 0 Å². The number of nitrogens with two attached hydrogens (primary N) is 1. The Bertz CT molecular complexity index is 310. The Hall–Kier alpha value is -1.95. The number of carbonyl (C=O) groups excluding carboxylic acids is 1. The molecule has 0 aliphatic carbocycles. The predicted molar refractivity (Wildman–Crippen MR) is 54.1 cm³/mol. The van der Waals surface area contributed by atoms with Crippen molar-refractivity contribution in [3.8, 4) is 0 Å². The minimum atomic E-state index is -0.482. The number of hydrogen-bond donors (Lipinski definition) is 1. The lowest BCUT2D eigenvalue weighted by Crippen LogP contribution is -1.91. The highest BCUT2D eigenvalue weighted by atomic mass is 16.6. The van der Waals surface area contributed by atoms with E-state index >= 15 is 0 Å². The molecule has 15 heavy (non-hydrogen) atoms. The molecule has 6 heteroatoms. The van der Waals surface area contributed by atoms with Crippen LogP contribution in [0.4, 0.5) is 5.69 Å². The molecule has 0 radical (unpaired) electrons. The Morgan fingerprint density at radius 2 is 1.93 bits per heavy atom. The molecule has 0 unspecified atom stereocenters. The van der Waals surface area contributed by atoms with E-state index in [1.165, 1.54) is 19.2 Å². The number of rotatable bonds is 4. The van der Waals surface area contributed by atoms with Crippen molar-refractivity contribution in [3.63, 3.8) is 0 Å². The van der Waals surface area contributed by atoms with Crippen molar-refractivity contribution < 1.29 is 14.5 Å². The van der Waals surface area contributed by atoms with E-state index in [0.29, 0.717) is 6.47 Å². The first-order valence-electron chi connectivity index (χ1n) is 4.10. The van der Waals surface area contributed by atoms with Crippen molar-refractivity contribution in [1.29, 1.82) is 0 Å². The summed E-state index contributed by atoms with van der Waals surface area (Å²) < 4.78 is 4.47. The molecule has 0 amide bonds. The summed E-state index contributed by atoms with van der Waals surface area (Å²) in [7, 11) is 1.50. The summed E-state index contributed by atoms with van der Waals surface area (Å²) in [5, 5.41) is 10.2. The molecular weight excluding hydrogens is 200 g/mol. The highest BCUT2D eigenvalue weighted by molar-refractivity contribution is 5.38. The molecule has 0 bridgehead atoms. The van der Waals surface area contributed by atoms with Crippen LogP contribution < -0.4 is 5.73 Å². The lowest BCUT2D eigenvalue weighted by Gasteiger charge is -1.97. The maximum Gasteiger partial charge on any atom is 0.293 e. The van der Waals surface area contributed by atoms with Crippen LogP contribution in [-0.2, 0) is 16.1 Å². The number of non-ortho nitro benzene ring substituents is 1. The fraction of sp³-hybridized carbons (Fsp3) is 0.222.